The second-order valence-electron chi connectivity index (χ2n) is 5.96. The third kappa shape index (κ3) is 3.46. The minimum absolute atomic E-state index is 0.149. The molecular weight excluding hydrogens is 351 g/mol. The maximum absolute atomic E-state index is 13.3. The summed E-state index contributed by atoms with van der Waals surface area (Å²) in [6.45, 7) is 0. The molecule has 0 saturated heterocycles. The number of halogens is 3. The highest BCUT2D eigenvalue weighted by atomic mass is 19.4. The molecule has 0 radical (unpaired) electrons. The molecule has 2 aromatic carbocycles. The highest BCUT2D eigenvalue weighted by Crippen LogP contribution is 2.37. The number of pyridine rings is 1. The zero-order valence-corrected chi connectivity index (χ0v) is 14.1. The zero-order valence-electron chi connectivity index (χ0n) is 14.1. The van der Waals surface area contributed by atoms with Crippen molar-refractivity contribution in [2.75, 3.05) is 0 Å². The van der Waals surface area contributed by atoms with E-state index in [-0.39, 0.29) is 5.56 Å². The molecule has 0 fully saturated rings. The number of rotatable bonds is 3. The molecule has 3 nitrogen and oxygen atoms in total. The van der Waals surface area contributed by atoms with Gasteiger partial charge in [-0.25, -0.2) is 9.67 Å². The SMILES string of the molecule is FC(F)(F)c1ccccc1-c1cccc(-c2ccn(-c3ccccn3)n2)c1. The third-order valence-corrected chi connectivity index (χ3v) is 4.17. The van der Waals surface area contributed by atoms with Gasteiger partial charge >= 0.3 is 6.18 Å². The highest BCUT2D eigenvalue weighted by Gasteiger charge is 2.33. The van der Waals surface area contributed by atoms with Crippen LogP contribution in [0.2, 0.25) is 0 Å². The average molecular weight is 365 g/mol. The number of nitrogens with zero attached hydrogens (tertiary/aromatic N) is 3. The van der Waals surface area contributed by atoms with Gasteiger partial charge in [-0.3, -0.25) is 0 Å². The van der Waals surface area contributed by atoms with Gasteiger partial charge in [-0.1, -0.05) is 42.5 Å². The summed E-state index contributed by atoms with van der Waals surface area (Å²) >= 11 is 0. The standard InChI is InChI=1S/C21H14F3N3/c22-21(23,24)18-9-2-1-8-17(18)15-6-5-7-16(14-15)19-11-13-27(26-19)20-10-3-4-12-25-20/h1-14H. The number of aromatic nitrogens is 3. The van der Waals surface area contributed by atoms with Crippen LogP contribution in [-0.2, 0) is 6.18 Å². The van der Waals surface area contributed by atoms with E-state index >= 15 is 0 Å². The van der Waals surface area contributed by atoms with Gasteiger partial charge in [0.1, 0.15) is 0 Å². The summed E-state index contributed by atoms with van der Waals surface area (Å²) < 4.78 is 41.6. The Hall–Kier alpha value is -3.41. The van der Waals surface area contributed by atoms with Crippen LogP contribution in [0.4, 0.5) is 13.2 Å². The molecule has 0 atom stereocenters. The van der Waals surface area contributed by atoms with Crippen LogP contribution in [0.15, 0.2) is 85.2 Å². The van der Waals surface area contributed by atoms with E-state index in [2.05, 4.69) is 10.1 Å². The second-order valence-corrected chi connectivity index (χ2v) is 5.96. The normalized spacial score (nSPS) is 11.5. The Labute approximate surface area is 153 Å². The number of hydrogen-bond acceptors (Lipinski definition) is 2. The maximum Gasteiger partial charge on any atom is 0.417 e. The Morgan fingerprint density at radius 2 is 1.56 bits per heavy atom. The molecule has 4 rings (SSSR count). The predicted molar refractivity (Wildman–Crippen MR) is 97.2 cm³/mol. The molecule has 27 heavy (non-hydrogen) atoms. The molecule has 0 spiro atoms. The number of benzene rings is 2. The van der Waals surface area contributed by atoms with Crippen molar-refractivity contribution in [3.05, 3.63) is 90.8 Å². The monoisotopic (exact) mass is 365 g/mol. The molecule has 4 aromatic rings. The molecule has 0 aliphatic carbocycles. The van der Waals surface area contributed by atoms with Gasteiger partial charge in [0, 0.05) is 18.0 Å². The molecule has 0 amide bonds. The molecule has 0 saturated carbocycles. The van der Waals surface area contributed by atoms with Crippen molar-refractivity contribution < 1.29 is 13.2 Å². The lowest BCUT2D eigenvalue weighted by Gasteiger charge is -2.13. The first-order chi connectivity index (χ1) is 13.0. The Bertz CT molecular complexity index is 1070. The third-order valence-electron chi connectivity index (χ3n) is 4.17. The summed E-state index contributed by atoms with van der Waals surface area (Å²) in [5.74, 6) is 0.669. The van der Waals surface area contributed by atoms with Crippen LogP contribution in [0.3, 0.4) is 0 Å². The van der Waals surface area contributed by atoms with Crippen LogP contribution >= 0.6 is 0 Å². The van der Waals surface area contributed by atoms with Crippen LogP contribution in [0.25, 0.3) is 28.2 Å². The van der Waals surface area contributed by atoms with E-state index in [1.807, 2.05) is 30.3 Å². The van der Waals surface area contributed by atoms with Crippen LogP contribution in [0.1, 0.15) is 5.56 Å². The van der Waals surface area contributed by atoms with Gasteiger partial charge in [0.15, 0.2) is 5.82 Å². The first-order valence-electron chi connectivity index (χ1n) is 8.26. The summed E-state index contributed by atoms with van der Waals surface area (Å²) in [4.78, 5) is 4.24. The topological polar surface area (TPSA) is 30.7 Å². The first kappa shape index (κ1) is 17.0. The Balaban J connectivity index is 1.74. The van der Waals surface area contributed by atoms with Gasteiger partial charge in [-0.15, -0.1) is 0 Å². The summed E-state index contributed by atoms with van der Waals surface area (Å²) in [5, 5.41) is 4.49. The molecule has 6 heteroatoms. The maximum atomic E-state index is 13.3. The predicted octanol–water partition coefficient (Wildman–Crippen LogP) is 5.62. The van der Waals surface area contributed by atoms with Crippen molar-refractivity contribution in [1.29, 1.82) is 0 Å². The van der Waals surface area contributed by atoms with Gasteiger partial charge < -0.3 is 0 Å². The second kappa shape index (κ2) is 6.72. The first-order valence-corrected chi connectivity index (χ1v) is 8.26. The lowest BCUT2D eigenvalue weighted by atomic mass is 9.97. The van der Waals surface area contributed by atoms with Crippen molar-refractivity contribution >= 4 is 0 Å². The molecular formula is C21H14F3N3. The fourth-order valence-corrected chi connectivity index (χ4v) is 2.92. The Morgan fingerprint density at radius 3 is 2.33 bits per heavy atom. The summed E-state index contributed by atoms with van der Waals surface area (Å²) in [7, 11) is 0. The van der Waals surface area contributed by atoms with Gasteiger partial charge in [0.2, 0.25) is 0 Å². The Kier molecular flexibility index (Phi) is 4.24. The molecule has 0 aliphatic rings. The quantitative estimate of drug-likeness (QED) is 0.472. The van der Waals surface area contributed by atoms with E-state index in [1.165, 1.54) is 12.1 Å². The lowest BCUT2D eigenvalue weighted by molar-refractivity contribution is -0.137. The van der Waals surface area contributed by atoms with E-state index in [9.17, 15) is 13.2 Å². The van der Waals surface area contributed by atoms with Crippen molar-refractivity contribution in [3.63, 3.8) is 0 Å². The van der Waals surface area contributed by atoms with Gasteiger partial charge in [-0.2, -0.15) is 18.3 Å². The van der Waals surface area contributed by atoms with E-state index in [0.717, 1.165) is 11.6 Å². The average Bonchev–Trinajstić information content (AvgIpc) is 3.18. The van der Waals surface area contributed by atoms with Gasteiger partial charge in [0.05, 0.1) is 11.3 Å². The molecule has 0 bridgehead atoms. The molecule has 134 valence electrons. The van der Waals surface area contributed by atoms with Crippen molar-refractivity contribution in [3.8, 4) is 28.2 Å². The van der Waals surface area contributed by atoms with Gasteiger partial charge in [-0.05, 0) is 41.5 Å². The van der Waals surface area contributed by atoms with Crippen molar-refractivity contribution in [2.45, 2.75) is 6.18 Å². The minimum Gasteiger partial charge on any atom is -0.237 e. The summed E-state index contributed by atoms with van der Waals surface area (Å²) in [6, 6.07) is 19.8. The molecule has 2 heterocycles. The molecule has 0 aliphatic heterocycles. The highest BCUT2D eigenvalue weighted by molar-refractivity contribution is 5.73. The largest absolute Gasteiger partial charge is 0.417 e. The van der Waals surface area contributed by atoms with Crippen LogP contribution in [-0.4, -0.2) is 14.8 Å². The number of hydrogen-bond donors (Lipinski definition) is 0. The fourth-order valence-electron chi connectivity index (χ4n) is 2.92. The van der Waals surface area contributed by atoms with E-state index in [0.29, 0.717) is 17.1 Å². The molecule has 0 N–H and O–H groups in total. The van der Waals surface area contributed by atoms with E-state index in [1.54, 1.807) is 41.3 Å². The summed E-state index contributed by atoms with van der Waals surface area (Å²) in [5.41, 5.74) is 1.39. The van der Waals surface area contributed by atoms with Crippen molar-refractivity contribution in [2.24, 2.45) is 0 Å². The summed E-state index contributed by atoms with van der Waals surface area (Å²) in [6.07, 6.45) is -0.966. The number of alkyl halides is 3. The van der Waals surface area contributed by atoms with Crippen molar-refractivity contribution in [1.82, 2.24) is 14.8 Å². The van der Waals surface area contributed by atoms with Crippen LogP contribution in [0.5, 0.6) is 0 Å². The Morgan fingerprint density at radius 1 is 0.778 bits per heavy atom. The van der Waals surface area contributed by atoms with Gasteiger partial charge in [0.25, 0.3) is 0 Å². The zero-order chi connectivity index (χ0) is 18.9. The fraction of sp³-hybridized carbons (Fsp3) is 0.0476. The van der Waals surface area contributed by atoms with E-state index in [4.69, 9.17) is 0 Å². The van der Waals surface area contributed by atoms with Crippen LogP contribution in [0, 0.1) is 0 Å². The van der Waals surface area contributed by atoms with Crippen LogP contribution < -0.4 is 0 Å². The minimum atomic E-state index is -4.41. The smallest absolute Gasteiger partial charge is 0.237 e. The lowest BCUT2D eigenvalue weighted by Crippen LogP contribution is -2.06. The molecule has 2 aromatic heterocycles. The molecule has 0 unspecified atom stereocenters. The van der Waals surface area contributed by atoms with E-state index < -0.39 is 11.7 Å².